The highest BCUT2D eigenvalue weighted by Gasteiger charge is 2.30. The van der Waals surface area contributed by atoms with Gasteiger partial charge in [0.25, 0.3) is 5.56 Å². The topological polar surface area (TPSA) is 71.5 Å². The second-order valence-electron chi connectivity index (χ2n) is 7.43. The molecule has 0 spiro atoms. The van der Waals surface area contributed by atoms with Crippen molar-refractivity contribution in [2.45, 2.75) is 45.2 Å². The molecule has 2 atom stereocenters. The van der Waals surface area contributed by atoms with Gasteiger partial charge in [-0.1, -0.05) is 0 Å². The number of pyridine rings is 1. The maximum Gasteiger partial charge on any atom is 0.255 e. The lowest BCUT2D eigenvalue weighted by atomic mass is 10.0. The van der Waals surface area contributed by atoms with Crippen LogP contribution in [0.3, 0.4) is 0 Å². The summed E-state index contributed by atoms with van der Waals surface area (Å²) < 4.78 is 1.88. The van der Waals surface area contributed by atoms with Gasteiger partial charge in [0, 0.05) is 42.3 Å². The zero-order chi connectivity index (χ0) is 17.0. The van der Waals surface area contributed by atoms with E-state index in [4.69, 9.17) is 5.73 Å². The summed E-state index contributed by atoms with van der Waals surface area (Å²) in [6.07, 6.45) is 3.18. The van der Waals surface area contributed by atoms with Crippen molar-refractivity contribution in [1.82, 2.24) is 4.57 Å². The van der Waals surface area contributed by atoms with Crippen LogP contribution in [0, 0.1) is 12.8 Å². The molecule has 1 aromatic carbocycles. The molecule has 1 saturated carbocycles. The summed E-state index contributed by atoms with van der Waals surface area (Å²) in [4.78, 5) is 14.8. The predicted molar refractivity (Wildman–Crippen MR) is 96.9 cm³/mol. The van der Waals surface area contributed by atoms with Gasteiger partial charge in [0.05, 0.1) is 5.52 Å². The van der Waals surface area contributed by atoms with Gasteiger partial charge in [-0.25, -0.2) is 0 Å². The number of rotatable bonds is 3. The Morgan fingerprint density at radius 1 is 1.29 bits per heavy atom. The van der Waals surface area contributed by atoms with E-state index >= 15 is 0 Å². The zero-order valence-electron chi connectivity index (χ0n) is 14.3. The zero-order valence-corrected chi connectivity index (χ0v) is 14.3. The van der Waals surface area contributed by atoms with Crippen LogP contribution in [-0.4, -0.2) is 28.8 Å². The molecule has 1 aliphatic carbocycles. The van der Waals surface area contributed by atoms with E-state index in [1.165, 1.54) is 6.07 Å². The van der Waals surface area contributed by atoms with Gasteiger partial charge >= 0.3 is 0 Å². The summed E-state index contributed by atoms with van der Waals surface area (Å²) in [6.45, 7) is 6.08. The lowest BCUT2D eigenvalue weighted by Gasteiger charge is -2.24. The van der Waals surface area contributed by atoms with Gasteiger partial charge < -0.3 is 20.3 Å². The molecule has 1 aliphatic heterocycles. The molecule has 24 heavy (non-hydrogen) atoms. The fourth-order valence-corrected chi connectivity index (χ4v) is 4.05. The fraction of sp³-hybridized carbons (Fsp3) is 0.526. The van der Waals surface area contributed by atoms with Crippen LogP contribution in [0.5, 0.6) is 5.75 Å². The molecule has 2 heterocycles. The normalized spacial score (nSPS) is 22.3. The van der Waals surface area contributed by atoms with E-state index in [0.29, 0.717) is 5.92 Å². The Bertz CT molecular complexity index is 852. The highest BCUT2D eigenvalue weighted by atomic mass is 16.3. The average Bonchev–Trinajstić information content (AvgIpc) is 3.23. The lowest BCUT2D eigenvalue weighted by molar-refractivity contribution is 0.478. The lowest BCUT2D eigenvalue weighted by Crippen LogP contribution is -2.30. The summed E-state index contributed by atoms with van der Waals surface area (Å²) in [6, 6.07) is 5.85. The van der Waals surface area contributed by atoms with Crippen LogP contribution in [0.2, 0.25) is 0 Å². The molecule has 2 aliphatic rings. The predicted octanol–water partition coefficient (Wildman–Crippen LogP) is 2.52. The number of aromatic hydroxyl groups is 1. The molecule has 4 rings (SSSR count). The molecule has 0 unspecified atom stereocenters. The standard InChI is InChI=1S/C19H25N3O2/c1-11-16(21-8-7-13(10-21)12(2)20)6-5-15-17(23)9-18(24)22(19(11)15)14-3-4-14/h5-6,9,12-14,23H,3-4,7-8,10,20H2,1-2H3/t12-,13+/m0/s1. The molecule has 5 nitrogen and oxygen atoms in total. The summed E-state index contributed by atoms with van der Waals surface area (Å²) >= 11 is 0. The fourth-order valence-electron chi connectivity index (χ4n) is 4.05. The smallest absolute Gasteiger partial charge is 0.255 e. The summed E-state index contributed by atoms with van der Waals surface area (Å²) in [5, 5.41) is 11.0. The van der Waals surface area contributed by atoms with Crippen LogP contribution >= 0.6 is 0 Å². The Hall–Kier alpha value is -2.01. The first-order valence-corrected chi connectivity index (χ1v) is 8.85. The number of hydrogen-bond acceptors (Lipinski definition) is 4. The van der Waals surface area contributed by atoms with E-state index in [1.807, 2.05) is 10.6 Å². The minimum atomic E-state index is -0.0994. The van der Waals surface area contributed by atoms with Crippen LogP contribution in [0.15, 0.2) is 23.0 Å². The van der Waals surface area contributed by atoms with E-state index < -0.39 is 0 Å². The quantitative estimate of drug-likeness (QED) is 0.909. The number of nitrogens with two attached hydrogens (primary N) is 1. The first-order valence-electron chi connectivity index (χ1n) is 8.85. The molecule has 1 saturated heterocycles. The van der Waals surface area contributed by atoms with Crippen molar-refractivity contribution < 1.29 is 5.11 Å². The maximum atomic E-state index is 12.4. The summed E-state index contributed by atoms with van der Waals surface area (Å²) in [7, 11) is 0. The van der Waals surface area contributed by atoms with Gasteiger partial charge in [0.1, 0.15) is 5.75 Å². The second kappa shape index (κ2) is 5.52. The van der Waals surface area contributed by atoms with Gasteiger partial charge in [-0.2, -0.15) is 0 Å². The number of fused-ring (bicyclic) bond motifs is 1. The molecular weight excluding hydrogens is 302 g/mol. The van der Waals surface area contributed by atoms with Gasteiger partial charge in [-0.3, -0.25) is 4.79 Å². The van der Waals surface area contributed by atoms with Crippen LogP contribution in [0.25, 0.3) is 10.9 Å². The Morgan fingerprint density at radius 3 is 2.67 bits per heavy atom. The largest absolute Gasteiger partial charge is 0.507 e. The van der Waals surface area contributed by atoms with Crippen molar-refractivity contribution in [2.75, 3.05) is 18.0 Å². The Labute approximate surface area is 141 Å². The van der Waals surface area contributed by atoms with E-state index in [1.54, 1.807) is 0 Å². The molecule has 128 valence electrons. The maximum absolute atomic E-state index is 12.4. The van der Waals surface area contributed by atoms with Crippen molar-refractivity contribution in [3.8, 4) is 5.75 Å². The minimum Gasteiger partial charge on any atom is -0.507 e. The third kappa shape index (κ3) is 2.38. The van der Waals surface area contributed by atoms with Crippen LogP contribution < -0.4 is 16.2 Å². The highest BCUT2D eigenvalue weighted by Crippen LogP contribution is 2.40. The van der Waals surface area contributed by atoms with Gasteiger partial charge in [0.2, 0.25) is 0 Å². The molecule has 0 radical (unpaired) electrons. The van der Waals surface area contributed by atoms with E-state index in [-0.39, 0.29) is 23.4 Å². The molecular formula is C19H25N3O2. The first-order chi connectivity index (χ1) is 11.5. The third-order valence-electron chi connectivity index (χ3n) is 5.64. The van der Waals surface area contributed by atoms with Gasteiger partial charge in [0.15, 0.2) is 0 Å². The van der Waals surface area contributed by atoms with Gasteiger partial charge in [-0.05, 0) is 56.7 Å². The molecule has 0 amide bonds. The second-order valence-corrected chi connectivity index (χ2v) is 7.43. The molecule has 1 aromatic heterocycles. The third-order valence-corrected chi connectivity index (χ3v) is 5.64. The van der Waals surface area contributed by atoms with Crippen molar-refractivity contribution >= 4 is 16.6 Å². The average molecular weight is 327 g/mol. The molecule has 2 aromatic rings. The monoisotopic (exact) mass is 327 g/mol. The van der Waals surface area contributed by atoms with Gasteiger partial charge in [-0.15, -0.1) is 0 Å². The number of hydrogen-bond donors (Lipinski definition) is 2. The Balaban J connectivity index is 1.86. The SMILES string of the molecule is Cc1c(N2CC[C@@H]([C@H](C)N)C2)ccc2c(O)cc(=O)n(C3CC3)c12. The van der Waals surface area contributed by atoms with Crippen molar-refractivity contribution in [3.63, 3.8) is 0 Å². The number of aryl methyl sites for hydroxylation is 1. The summed E-state index contributed by atoms with van der Waals surface area (Å²) in [5.41, 5.74) is 9.11. The Morgan fingerprint density at radius 2 is 2.04 bits per heavy atom. The summed E-state index contributed by atoms with van der Waals surface area (Å²) in [5.74, 6) is 0.589. The van der Waals surface area contributed by atoms with E-state index in [2.05, 4.69) is 24.8 Å². The van der Waals surface area contributed by atoms with Crippen molar-refractivity contribution in [3.05, 3.63) is 34.1 Å². The molecule has 2 fully saturated rings. The minimum absolute atomic E-state index is 0.0800. The number of nitrogens with zero attached hydrogens (tertiary/aromatic N) is 2. The number of anilines is 1. The molecule has 5 heteroatoms. The van der Waals surface area contributed by atoms with Crippen molar-refractivity contribution in [1.29, 1.82) is 0 Å². The highest BCUT2D eigenvalue weighted by molar-refractivity contribution is 5.91. The Kier molecular flexibility index (Phi) is 3.57. The number of benzene rings is 1. The van der Waals surface area contributed by atoms with Crippen LogP contribution in [0.1, 0.15) is 37.8 Å². The van der Waals surface area contributed by atoms with Crippen LogP contribution in [-0.2, 0) is 0 Å². The van der Waals surface area contributed by atoms with Crippen molar-refractivity contribution in [2.24, 2.45) is 11.7 Å². The first kappa shape index (κ1) is 15.5. The molecule has 3 N–H and O–H groups in total. The van der Waals surface area contributed by atoms with E-state index in [9.17, 15) is 9.90 Å². The van der Waals surface area contributed by atoms with Crippen LogP contribution in [0.4, 0.5) is 5.69 Å². The number of aromatic nitrogens is 1. The molecule has 0 bridgehead atoms. The van der Waals surface area contributed by atoms with E-state index in [0.717, 1.165) is 54.5 Å².